The van der Waals surface area contributed by atoms with Crippen LogP contribution in [0, 0.1) is 0 Å². The van der Waals surface area contributed by atoms with Gasteiger partial charge in [-0.05, 0) is 37.1 Å². The maximum absolute atomic E-state index is 12.5. The average molecular weight is 348 g/mol. The molecule has 0 spiro atoms. The predicted molar refractivity (Wildman–Crippen MR) is 73.3 cm³/mol. The number of hydrogen-bond acceptors (Lipinski definition) is 3. The van der Waals surface area contributed by atoms with Gasteiger partial charge in [0.05, 0.1) is 11.3 Å². The highest BCUT2D eigenvalue weighted by atomic mass is 79.9. The first kappa shape index (κ1) is 14.5. The van der Waals surface area contributed by atoms with Crippen LogP contribution in [-0.2, 0) is 14.8 Å². The Balaban J connectivity index is 2.23. The normalized spacial score (nSPS) is 15.7. The van der Waals surface area contributed by atoms with Crippen LogP contribution in [0.4, 0.5) is 0 Å². The summed E-state index contributed by atoms with van der Waals surface area (Å²) in [5, 5.41) is 8.71. The highest BCUT2D eigenvalue weighted by Crippen LogP contribution is 2.32. The number of carboxylic acids is 1. The first-order chi connectivity index (χ1) is 8.91. The number of carbonyl (C=O) groups is 1. The molecule has 1 aromatic rings. The Hall–Kier alpha value is -0.920. The lowest BCUT2D eigenvalue weighted by molar-refractivity contribution is -0.137. The summed E-state index contributed by atoms with van der Waals surface area (Å²) in [4.78, 5) is 10.8. The van der Waals surface area contributed by atoms with Crippen LogP contribution in [0.25, 0.3) is 0 Å². The molecular weight excluding hydrogens is 334 g/mol. The molecule has 0 bridgehead atoms. The van der Waals surface area contributed by atoms with Gasteiger partial charge in [0.1, 0.15) is 0 Å². The summed E-state index contributed by atoms with van der Waals surface area (Å²) >= 11 is 3.25. The second-order valence-electron chi connectivity index (χ2n) is 4.44. The Labute approximate surface area is 120 Å². The molecule has 19 heavy (non-hydrogen) atoms. The number of sulfonamides is 1. The molecule has 5 nitrogen and oxygen atoms in total. The van der Waals surface area contributed by atoms with E-state index >= 15 is 0 Å². The Kier molecular flexibility index (Phi) is 4.27. The van der Waals surface area contributed by atoms with Crippen molar-refractivity contribution in [3.05, 3.63) is 28.7 Å². The summed E-state index contributed by atoms with van der Waals surface area (Å²) in [6.45, 7) is 0.0262. The van der Waals surface area contributed by atoms with Crippen LogP contribution in [-0.4, -0.2) is 36.4 Å². The summed E-state index contributed by atoms with van der Waals surface area (Å²) in [5.74, 6) is -0.989. The number of rotatable bonds is 6. The van der Waals surface area contributed by atoms with Crippen LogP contribution in [0.2, 0.25) is 0 Å². The zero-order valence-electron chi connectivity index (χ0n) is 10.1. The molecule has 7 heteroatoms. The van der Waals surface area contributed by atoms with Gasteiger partial charge in [-0.2, -0.15) is 4.31 Å². The Morgan fingerprint density at radius 2 is 1.89 bits per heavy atom. The van der Waals surface area contributed by atoms with Crippen molar-refractivity contribution in [1.82, 2.24) is 4.31 Å². The van der Waals surface area contributed by atoms with Crippen molar-refractivity contribution in [2.24, 2.45) is 0 Å². The van der Waals surface area contributed by atoms with Crippen molar-refractivity contribution in [1.29, 1.82) is 0 Å². The molecule has 1 saturated carbocycles. The van der Waals surface area contributed by atoms with Gasteiger partial charge in [-0.25, -0.2) is 8.42 Å². The van der Waals surface area contributed by atoms with E-state index in [-0.39, 0.29) is 23.9 Å². The second kappa shape index (κ2) is 5.60. The molecule has 0 heterocycles. The van der Waals surface area contributed by atoms with Crippen molar-refractivity contribution in [2.45, 2.75) is 30.2 Å². The fraction of sp³-hybridized carbons (Fsp3) is 0.417. The number of aliphatic carboxylic acids is 1. The van der Waals surface area contributed by atoms with Gasteiger partial charge in [0.25, 0.3) is 0 Å². The molecule has 1 aliphatic carbocycles. The maximum Gasteiger partial charge on any atom is 0.304 e. The molecule has 0 aromatic heterocycles. The van der Waals surface area contributed by atoms with Crippen molar-refractivity contribution in [3.63, 3.8) is 0 Å². The van der Waals surface area contributed by atoms with Crippen LogP contribution in [0.1, 0.15) is 19.3 Å². The standard InChI is InChI=1S/C12H14BrNO4S/c13-9-1-5-11(6-2-9)19(17,18)14(10-3-4-10)8-7-12(15)16/h1-2,5-6,10H,3-4,7-8H2,(H,15,16). The summed E-state index contributed by atoms with van der Waals surface area (Å²) in [6.07, 6.45) is 1.43. The van der Waals surface area contributed by atoms with Crippen molar-refractivity contribution in [3.8, 4) is 0 Å². The molecule has 0 unspecified atom stereocenters. The van der Waals surface area contributed by atoms with Gasteiger partial charge in [0.15, 0.2) is 0 Å². The second-order valence-corrected chi connectivity index (χ2v) is 7.25. The SMILES string of the molecule is O=C(O)CCN(C1CC1)S(=O)(=O)c1ccc(Br)cc1. The summed E-state index contributed by atoms with van der Waals surface area (Å²) in [6, 6.07) is 6.32. The lowest BCUT2D eigenvalue weighted by Crippen LogP contribution is -2.35. The lowest BCUT2D eigenvalue weighted by Gasteiger charge is -2.21. The maximum atomic E-state index is 12.5. The molecule has 0 aliphatic heterocycles. The molecule has 0 atom stereocenters. The van der Waals surface area contributed by atoms with E-state index in [1.54, 1.807) is 12.1 Å². The fourth-order valence-corrected chi connectivity index (χ4v) is 3.76. The third-order valence-electron chi connectivity index (χ3n) is 2.92. The van der Waals surface area contributed by atoms with Crippen LogP contribution in [0.3, 0.4) is 0 Å². The van der Waals surface area contributed by atoms with Gasteiger partial charge in [-0.15, -0.1) is 0 Å². The van der Waals surface area contributed by atoms with Crippen molar-refractivity contribution < 1.29 is 18.3 Å². The van der Waals surface area contributed by atoms with Gasteiger partial charge in [0, 0.05) is 17.1 Å². The van der Waals surface area contributed by atoms with Crippen molar-refractivity contribution in [2.75, 3.05) is 6.54 Å². The van der Waals surface area contributed by atoms with Gasteiger partial charge in [-0.3, -0.25) is 4.79 Å². The Bertz CT molecular complexity index is 566. The number of halogens is 1. The van der Waals surface area contributed by atoms with E-state index in [1.165, 1.54) is 16.4 Å². The highest BCUT2D eigenvalue weighted by Gasteiger charge is 2.37. The topological polar surface area (TPSA) is 74.7 Å². The number of hydrogen-bond donors (Lipinski definition) is 1. The Morgan fingerprint density at radius 3 is 2.37 bits per heavy atom. The number of benzene rings is 1. The molecule has 1 aromatic carbocycles. The van der Waals surface area contributed by atoms with E-state index in [4.69, 9.17) is 5.11 Å². The third-order valence-corrected chi connectivity index (χ3v) is 5.42. The smallest absolute Gasteiger partial charge is 0.304 e. The van der Waals surface area contributed by atoms with Gasteiger partial charge in [0.2, 0.25) is 10.0 Å². The molecule has 0 saturated heterocycles. The molecular formula is C12H14BrNO4S. The molecule has 2 rings (SSSR count). The predicted octanol–water partition coefficient (Wildman–Crippen LogP) is 2.08. The quantitative estimate of drug-likeness (QED) is 0.854. The Morgan fingerprint density at radius 1 is 1.32 bits per heavy atom. The summed E-state index contributed by atoms with van der Waals surface area (Å²) in [7, 11) is -3.60. The molecule has 0 radical (unpaired) electrons. The van der Waals surface area contributed by atoms with E-state index in [9.17, 15) is 13.2 Å². The highest BCUT2D eigenvalue weighted by molar-refractivity contribution is 9.10. The van der Waals surface area contributed by atoms with Crippen LogP contribution >= 0.6 is 15.9 Å². The molecule has 1 fully saturated rings. The minimum atomic E-state index is -3.60. The molecule has 0 amide bonds. The molecule has 1 aliphatic rings. The molecule has 104 valence electrons. The lowest BCUT2D eigenvalue weighted by atomic mass is 10.4. The zero-order chi connectivity index (χ0) is 14.0. The van der Waals surface area contributed by atoms with E-state index < -0.39 is 16.0 Å². The summed E-state index contributed by atoms with van der Waals surface area (Å²) < 4.78 is 27.0. The summed E-state index contributed by atoms with van der Waals surface area (Å²) in [5.41, 5.74) is 0. The van der Waals surface area contributed by atoms with Crippen molar-refractivity contribution >= 4 is 31.9 Å². The van der Waals surface area contributed by atoms with E-state index in [0.29, 0.717) is 0 Å². The van der Waals surface area contributed by atoms with E-state index in [1.807, 2.05) is 0 Å². The van der Waals surface area contributed by atoms with Crippen LogP contribution < -0.4 is 0 Å². The van der Waals surface area contributed by atoms with E-state index in [2.05, 4.69) is 15.9 Å². The van der Waals surface area contributed by atoms with Crippen LogP contribution in [0.15, 0.2) is 33.6 Å². The minimum absolute atomic E-state index is 0.0262. The monoisotopic (exact) mass is 347 g/mol. The van der Waals surface area contributed by atoms with Crippen LogP contribution in [0.5, 0.6) is 0 Å². The first-order valence-corrected chi connectivity index (χ1v) is 8.14. The third kappa shape index (κ3) is 3.55. The number of nitrogens with zero attached hydrogens (tertiary/aromatic N) is 1. The number of carboxylic acid groups (broad SMARTS) is 1. The van der Waals surface area contributed by atoms with Gasteiger partial charge in [-0.1, -0.05) is 15.9 Å². The van der Waals surface area contributed by atoms with E-state index in [0.717, 1.165) is 17.3 Å². The minimum Gasteiger partial charge on any atom is -0.481 e. The van der Waals surface area contributed by atoms with Gasteiger partial charge >= 0.3 is 5.97 Å². The molecule has 1 N–H and O–H groups in total. The van der Waals surface area contributed by atoms with Gasteiger partial charge < -0.3 is 5.11 Å². The fourth-order valence-electron chi connectivity index (χ4n) is 1.81. The zero-order valence-corrected chi connectivity index (χ0v) is 12.5. The largest absolute Gasteiger partial charge is 0.481 e. The average Bonchev–Trinajstić information content (AvgIpc) is 3.13. The first-order valence-electron chi connectivity index (χ1n) is 5.90.